The Morgan fingerprint density at radius 2 is 1.69 bits per heavy atom. The van der Waals surface area contributed by atoms with E-state index in [1.54, 1.807) is 0 Å². The van der Waals surface area contributed by atoms with Crippen molar-refractivity contribution in [3.05, 3.63) is 23.8 Å². The minimum absolute atomic E-state index is 0.111. The molecule has 2 heterocycles. The molecule has 142 valence electrons. The van der Waals surface area contributed by atoms with Crippen molar-refractivity contribution in [2.75, 3.05) is 39.5 Å². The fourth-order valence-electron chi connectivity index (χ4n) is 4.32. The molecule has 1 aliphatic carbocycles. The van der Waals surface area contributed by atoms with E-state index in [1.807, 2.05) is 18.2 Å². The average Bonchev–Trinajstić information content (AvgIpc) is 3.20. The summed E-state index contributed by atoms with van der Waals surface area (Å²) >= 11 is 0. The van der Waals surface area contributed by atoms with Crippen LogP contribution in [0.3, 0.4) is 0 Å². The van der Waals surface area contributed by atoms with Crippen molar-refractivity contribution in [2.45, 2.75) is 38.5 Å². The topological polar surface area (TPSA) is 48.0 Å². The molecular weight excluding hydrogens is 330 g/mol. The summed E-state index contributed by atoms with van der Waals surface area (Å²) in [6.07, 6.45) is 7.46. The number of rotatable bonds is 5. The van der Waals surface area contributed by atoms with Gasteiger partial charge in [-0.15, -0.1) is 0 Å². The van der Waals surface area contributed by atoms with Gasteiger partial charge in [-0.3, -0.25) is 4.79 Å². The van der Waals surface area contributed by atoms with Crippen LogP contribution < -0.4 is 9.47 Å². The van der Waals surface area contributed by atoms with Gasteiger partial charge in [0, 0.05) is 31.2 Å². The molecule has 26 heavy (non-hydrogen) atoms. The molecule has 1 saturated heterocycles. The maximum Gasteiger partial charge on any atom is 0.254 e. The molecule has 0 radical (unpaired) electrons. The molecule has 0 spiro atoms. The van der Waals surface area contributed by atoms with Gasteiger partial charge in [-0.05, 0) is 43.4 Å². The van der Waals surface area contributed by atoms with Crippen LogP contribution in [0.2, 0.25) is 0 Å². The number of nitrogens with zero attached hydrogens (tertiary/aromatic N) is 1. The van der Waals surface area contributed by atoms with Gasteiger partial charge < -0.3 is 19.1 Å². The Kier molecular flexibility index (Phi) is 5.63. The first-order valence-corrected chi connectivity index (χ1v) is 10.1. The number of carbonyl (C=O) groups is 1. The van der Waals surface area contributed by atoms with Crippen molar-refractivity contribution in [1.29, 1.82) is 0 Å². The second-order valence-corrected chi connectivity index (χ2v) is 7.80. The summed E-state index contributed by atoms with van der Waals surface area (Å²) in [5, 5.41) is 0. The second-order valence-electron chi connectivity index (χ2n) is 7.80. The first-order valence-electron chi connectivity index (χ1n) is 10.1. The highest BCUT2D eigenvalue weighted by molar-refractivity contribution is 5.95. The quantitative estimate of drug-likeness (QED) is 0.807. The van der Waals surface area contributed by atoms with Gasteiger partial charge in [0.2, 0.25) is 0 Å². The van der Waals surface area contributed by atoms with Gasteiger partial charge in [0.15, 0.2) is 11.5 Å². The van der Waals surface area contributed by atoms with E-state index in [1.165, 1.54) is 32.1 Å². The molecular formula is C21H29NO4. The first kappa shape index (κ1) is 17.7. The van der Waals surface area contributed by atoms with E-state index in [0.29, 0.717) is 36.4 Å². The molecule has 0 N–H and O–H groups in total. The number of carbonyl (C=O) groups excluding carboxylic acids is 1. The van der Waals surface area contributed by atoms with Gasteiger partial charge in [-0.25, -0.2) is 0 Å². The Balaban J connectivity index is 1.50. The van der Waals surface area contributed by atoms with Crippen LogP contribution in [-0.2, 0) is 4.74 Å². The van der Waals surface area contributed by atoms with Crippen LogP contribution in [0.5, 0.6) is 11.5 Å². The normalized spacial score (nSPS) is 23.0. The zero-order valence-corrected chi connectivity index (χ0v) is 15.5. The van der Waals surface area contributed by atoms with E-state index in [-0.39, 0.29) is 5.91 Å². The van der Waals surface area contributed by atoms with Gasteiger partial charge in [-0.2, -0.15) is 0 Å². The molecule has 1 amide bonds. The molecule has 3 aliphatic rings. The van der Waals surface area contributed by atoms with Crippen LogP contribution in [0, 0.1) is 11.8 Å². The smallest absolute Gasteiger partial charge is 0.254 e. The van der Waals surface area contributed by atoms with Crippen LogP contribution >= 0.6 is 0 Å². The summed E-state index contributed by atoms with van der Waals surface area (Å²) < 4.78 is 16.8. The van der Waals surface area contributed by atoms with Gasteiger partial charge in [0.25, 0.3) is 5.91 Å². The predicted octanol–water partition coefficient (Wildman–Crippen LogP) is 3.52. The third-order valence-electron chi connectivity index (χ3n) is 5.78. The third-order valence-corrected chi connectivity index (χ3v) is 5.78. The highest BCUT2D eigenvalue weighted by atomic mass is 16.6. The molecule has 5 heteroatoms. The van der Waals surface area contributed by atoms with Crippen molar-refractivity contribution in [2.24, 2.45) is 11.8 Å². The molecule has 5 nitrogen and oxygen atoms in total. The number of fused-ring (bicyclic) bond motifs is 1. The standard InChI is InChI=1S/C21H29NO4/c23-21(18-6-7-19-20(12-18)26-11-10-25-19)22(14-17-8-9-24-15-17)13-16-4-2-1-3-5-16/h6-7,12,16-17H,1-5,8-11,13-15H2. The van der Waals surface area contributed by atoms with Crippen molar-refractivity contribution in [1.82, 2.24) is 4.90 Å². The average molecular weight is 359 g/mol. The highest BCUT2D eigenvalue weighted by Crippen LogP contribution is 2.32. The molecule has 1 aromatic rings. The lowest BCUT2D eigenvalue weighted by molar-refractivity contribution is 0.0672. The Labute approximate surface area is 155 Å². The van der Waals surface area contributed by atoms with Crippen LogP contribution in [0.1, 0.15) is 48.9 Å². The number of ether oxygens (including phenoxy) is 3. The number of hydrogen-bond acceptors (Lipinski definition) is 4. The van der Waals surface area contributed by atoms with Crippen LogP contribution in [0.4, 0.5) is 0 Å². The number of benzene rings is 1. The van der Waals surface area contributed by atoms with E-state index < -0.39 is 0 Å². The molecule has 0 bridgehead atoms. The largest absolute Gasteiger partial charge is 0.486 e. The molecule has 2 fully saturated rings. The van der Waals surface area contributed by atoms with Gasteiger partial charge >= 0.3 is 0 Å². The van der Waals surface area contributed by atoms with Crippen LogP contribution in [0.15, 0.2) is 18.2 Å². The summed E-state index contributed by atoms with van der Waals surface area (Å²) in [5.41, 5.74) is 0.698. The number of hydrogen-bond donors (Lipinski definition) is 0. The minimum Gasteiger partial charge on any atom is -0.486 e. The lowest BCUT2D eigenvalue weighted by Gasteiger charge is -2.31. The fraction of sp³-hybridized carbons (Fsp3) is 0.667. The minimum atomic E-state index is 0.111. The summed E-state index contributed by atoms with van der Waals surface area (Å²) in [6.45, 7) is 4.36. The molecule has 0 aromatic heterocycles. The van der Waals surface area contributed by atoms with E-state index in [9.17, 15) is 4.79 Å². The highest BCUT2D eigenvalue weighted by Gasteiger charge is 2.27. The zero-order valence-electron chi connectivity index (χ0n) is 15.5. The molecule has 1 saturated carbocycles. The molecule has 4 rings (SSSR count). The van der Waals surface area contributed by atoms with Gasteiger partial charge in [0.05, 0.1) is 6.61 Å². The van der Waals surface area contributed by atoms with Crippen LogP contribution in [0.25, 0.3) is 0 Å². The second kappa shape index (κ2) is 8.30. The Hall–Kier alpha value is -1.75. The molecule has 2 aliphatic heterocycles. The lowest BCUT2D eigenvalue weighted by atomic mass is 9.88. The summed E-state index contributed by atoms with van der Waals surface area (Å²) in [5.74, 6) is 2.62. The van der Waals surface area contributed by atoms with Crippen molar-refractivity contribution in [3.8, 4) is 11.5 Å². The van der Waals surface area contributed by atoms with Crippen molar-refractivity contribution >= 4 is 5.91 Å². The monoisotopic (exact) mass is 359 g/mol. The van der Waals surface area contributed by atoms with E-state index in [0.717, 1.165) is 38.5 Å². The van der Waals surface area contributed by atoms with Gasteiger partial charge in [0.1, 0.15) is 13.2 Å². The lowest BCUT2D eigenvalue weighted by Crippen LogP contribution is -2.39. The first-order chi connectivity index (χ1) is 12.8. The maximum atomic E-state index is 13.3. The van der Waals surface area contributed by atoms with Gasteiger partial charge in [-0.1, -0.05) is 19.3 Å². The molecule has 1 atom stereocenters. The third kappa shape index (κ3) is 4.14. The summed E-state index contributed by atoms with van der Waals surface area (Å²) in [4.78, 5) is 15.4. The fourth-order valence-corrected chi connectivity index (χ4v) is 4.32. The van der Waals surface area contributed by atoms with Crippen LogP contribution in [-0.4, -0.2) is 50.3 Å². The maximum absolute atomic E-state index is 13.3. The molecule has 1 unspecified atom stereocenters. The Bertz CT molecular complexity index is 620. The van der Waals surface area contributed by atoms with Crippen molar-refractivity contribution < 1.29 is 19.0 Å². The summed E-state index contributed by atoms with van der Waals surface area (Å²) in [7, 11) is 0. The Morgan fingerprint density at radius 3 is 2.46 bits per heavy atom. The number of amides is 1. The van der Waals surface area contributed by atoms with E-state index >= 15 is 0 Å². The summed E-state index contributed by atoms with van der Waals surface area (Å²) in [6, 6.07) is 5.57. The van der Waals surface area contributed by atoms with E-state index in [2.05, 4.69) is 4.90 Å². The molecule has 1 aromatic carbocycles. The zero-order chi connectivity index (χ0) is 17.8. The Morgan fingerprint density at radius 1 is 0.923 bits per heavy atom. The van der Waals surface area contributed by atoms with Crippen molar-refractivity contribution in [3.63, 3.8) is 0 Å². The van der Waals surface area contributed by atoms with E-state index in [4.69, 9.17) is 14.2 Å². The predicted molar refractivity (Wildman–Crippen MR) is 98.8 cm³/mol. The SMILES string of the molecule is O=C(c1ccc2c(c1)OCCO2)N(CC1CCCCC1)CC1CCOC1.